The zero-order valence-corrected chi connectivity index (χ0v) is 16.9. The molecule has 0 spiro atoms. The van der Waals surface area contributed by atoms with Gasteiger partial charge in [0.25, 0.3) is 0 Å². The van der Waals surface area contributed by atoms with Crippen LogP contribution in [0.3, 0.4) is 0 Å². The minimum absolute atomic E-state index is 0.0184. The molecule has 4 aliphatic rings. The second-order valence-corrected chi connectivity index (χ2v) is 10.3. The molecule has 0 saturated heterocycles. The van der Waals surface area contributed by atoms with E-state index in [-0.39, 0.29) is 23.8 Å². The topological polar surface area (TPSA) is 49.4 Å². The number of halogens is 1. The van der Waals surface area contributed by atoms with Gasteiger partial charge < -0.3 is 10.2 Å². The highest BCUT2D eigenvalue weighted by Gasteiger charge is 2.54. The van der Waals surface area contributed by atoms with E-state index in [2.05, 4.69) is 5.32 Å². The molecule has 1 aromatic rings. The van der Waals surface area contributed by atoms with Crippen LogP contribution in [0.15, 0.2) is 12.1 Å². The quantitative estimate of drug-likeness (QED) is 0.790. The van der Waals surface area contributed by atoms with E-state index in [0.29, 0.717) is 13.1 Å². The van der Waals surface area contributed by atoms with Gasteiger partial charge in [0.2, 0.25) is 11.8 Å². The van der Waals surface area contributed by atoms with Gasteiger partial charge >= 0.3 is 0 Å². The first-order valence-corrected chi connectivity index (χ1v) is 11.0. The lowest BCUT2D eigenvalue weighted by atomic mass is 9.49. The van der Waals surface area contributed by atoms with Gasteiger partial charge in [0, 0.05) is 16.8 Å². The summed E-state index contributed by atoms with van der Waals surface area (Å²) in [5.74, 6) is 2.31. The highest BCUT2D eigenvalue weighted by molar-refractivity contribution is 7.16. The molecule has 26 heavy (non-hydrogen) atoms. The number of carbonyl (C=O) groups excluding carboxylic acids is 2. The Morgan fingerprint density at radius 2 is 1.81 bits per heavy atom. The van der Waals surface area contributed by atoms with Crippen molar-refractivity contribution >= 4 is 34.8 Å². The molecule has 0 aliphatic heterocycles. The van der Waals surface area contributed by atoms with Gasteiger partial charge in [-0.3, -0.25) is 9.59 Å². The van der Waals surface area contributed by atoms with Crippen molar-refractivity contribution in [3.8, 4) is 0 Å². The van der Waals surface area contributed by atoms with Crippen molar-refractivity contribution in [2.75, 3.05) is 13.1 Å². The molecule has 6 heteroatoms. The zero-order valence-electron chi connectivity index (χ0n) is 15.3. The minimum atomic E-state index is -0.187. The molecular weight excluding hydrogens is 368 g/mol. The Balaban J connectivity index is 1.34. The first-order valence-electron chi connectivity index (χ1n) is 9.77. The summed E-state index contributed by atoms with van der Waals surface area (Å²) >= 11 is 7.47. The maximum atomic E-state index is 13.0. The Labute approximate surface area is 164 Å². The fourth-order valence-electron chi connectivity index (χ4n) is 5.85. The van der Waals surface area contributed by atoms with Crippen molar-refractivity contribution in [2.24, 2.45) is 23.2 Å². The Morgan fingerprint density at radius 1 is 1.19 bits per heavy atom. The van der Waals surface area contributed by atoms with Crippen LogP contribution in [0.4, 0.5) is 0 Å². The normalized spacial score (nSPS) is 31.8. The van der Waals surface area contributed by atoms with Crippen molar-refractivity contribution in [1.29, 1.82) is 0 Å². The van der Waals surface area contributed by atoms with Crippen molar-refractivity contribution in [1.82, 2.24) is 10.2 Å². The summed E-state index contributed by atoms with van der Waals surface area (Å²) in [5, 5.41) is 2.99. The first-order chi connectivity index (χ1) is 12.5. The lowest BCUT2D eigenvalue weighted by molar-refractivity contribution is -0.148. The molecule has 5 rings (SSSR count). The summed E-state index contributed by atoms with van der Waals surface area (Å²) in [4.78, 5) is 28.4. The average molecular weight is 395 g/mol. The number of carbonyl (C=O) groups is 2. The smallest absolute Gasteiger partial charge is 0.242 e. The number of hydrogen-bond donors (Lipinski definition) is 1. The maximum Gasteiger partial charge on any atom is 0.242 e. The number of amides is 2. The summed E-state index contributed by atoms with van der Waals surface area (Å²) in [7, 11) is 0. The molecule has 1 N–H and O–H groups in total. The van der Waals surface area contributed by atoms with Crippen LogP contribution in [0.2, 0.25) is 4.34 Å². The number of thiophene rings is 1. The molecular formula is C20H27ClN2O2S. The van der Waals surface area contributed by atoms with Crippen LogP contribution in [-0.2, 0) is 16.1 Å². The van der Waals surface area contributed by atoms with E-state index in [1.807, 2.05) is 19.1 Å². The predicted octanol–water partition coefficient (Wildman–Crippen LogP) is 4.08. The molecule has 1 aromatic heterocycles. The van der Waals surface area contributed by atoms with E-state index in [1.54, 1.807) is 4.90 Å². The van der Waals surface area contributed by atoms with Crippen LogP contribution in [0.1, 0.15) is 50.3 Å². The van der Waals surface area contributed by atoms with Crippen LogP contribution < -0.4 is 5.32 Å². The van der Waals surface area contributed by atoms with E-state index in [0.717, 1.165) is 46.2 Å². The largest absolute Gasteiger partial charge is 0.347 e. The molecule has 4 bridgehead atoms. The van der Waals surface area contributed by atoms with Crippen molar-refractivity contribution < 1.29 is 9.59 Å². The number of hydrogen-bond acceptors (Lipinski definition) is 3. The summed E-state index contributed by atoms with van der Waals surface area (Å²) in [6.45, 7) is 3.25. The average Bonchev–Trinajstić information content (AvgIpc) is 3.01. The minimum Gasteiger partial charge on any atom is -0.347 e. The molecule has 0 atom stereocenters. The lowest BCUT2D eigenvalue weighted by Crippen LogP contribution is -2.54. The molecule has 4 fully saturated rings. The molecule has 4 nitrogen and oxygen atoms in total. The van der Waals surface area contributed by atoms with Crippen LogP contribution in [0, 0.1) is 23.2 Å². The SMILES string of the molecule is CCN(Cc1ccc(Cl)s1)C(=O)CNC(=O)C12CC3CC(CC(C3)C1)C2. The molecule has 142 valence electrons. The van der Waals surface area contributed by atoms with E-state index in [9.17, 15) is 9.59 Å². The number of rotatable bonds is 6. The molecule has 4 saturated carbocycles. The third-order valence-electron chi connectivity index (χ3n) is 6.63. The van der Waals surface area contributed by atoms with Crippen molar-refractivity contribution in [2.45, 2.75) is 52.0 Å². The first kappa shape index (κ1) is 18.3. The predicted molar refractivity (Wildman–Crippen MR) is 104 cm³/mol. The van der Waals surface area contributed by atoms with Gasteiger partial charge in [-0.1, -0.05) is 11.6 Å². The fraction of sp³-hybridized carbons (Fsp3) is 0.700. The van der Waals surface area contributed by atoms with Crippen LogP contribution in [0.5, 0.6) is 0 Å². The van der Waals surface area contributed by atoms with Crippen LogP contribution >= 0.6 is 22.9 Å². The molecule has 4 aliphatic carbocycles. The van der Waals surface area contributed by atoms with E-state index in [1.165, 1.54) is 30.6 Å². The molecule has 0 aromatic carbocycles. The summed E-state index contributed by atoms with van der Waals surface area (Å²) in [5.41, 5.74) is -0.187. The molecule has 1 heterocycles. The van der Waals surface area contributed by atoms with Gasteiger partial charge in [0.1, 0.15) is 0 Å². The van der Waals surface area contributed by atoms with Crippen LogP contribution in [-0.4, -0.2) is 29.8 Å². The van der Waals surface area contributed by atoms with Gasteiger partial charge in [-0.15, -0.1) is 11.3 Å². The van der Waals surface area contributed by atoms with Crippen molar-refractivity contribution in [3.63, 3.8) is 0 Å². The Morgan fingerprint density at radius 3 is 2.31 bits per heavy atom. The number of nitrogens with one attached hydrogen (secondary N) is 1. The maximum absolute atomic E-state index is 13.0. The lowest BCUT2D eigenvalue weighted by Gasteiger charge is -2.55. The zero-order chi connectivity index (χ0) is 18.3. The Kier molecular flexibility index (Phi) is 5.04. The summed E-state index contributed by atoms with van der Waals surface area (Å²) in [6.07, 6.45) is 7.05. The monoisotopic (exact) mass is 394 g/mol. The van der Waals surface area contributed by atoms with E-state index in [4.69, 9.17) is 11.6 Å². The van der Waals surface area contributed by atoms with Gasteiger partial charge in [0.05, 0.1) is 17.4 Å². The summed E-state index contributed by atoms with van der Waals surface area (Å²) < 4.78 is 0.735. The van der Waals surface area contributed by atoms with Crippen LogP contribution in [0.25, 0.3) is 0 Å². The van der Waals surface area contributed by atoms with E-state index < -0.39 is 0 Å². The summed E-state index contributed by atoms with van der Waals surface area (Å²) in [6, 6.07) is 3.81. The number of nitrogens with zero attached hydrogens (tertiary/aromatic N) is 1. The van der Waals surface area contributed by atoms with Gasteiger partial charge in [-0.05, 0) is 75.3 Å². The fourth-order valence-corrected chi connectivity index (χ4v) is 6.95. The highest BCUT2D eigenvalue weighted by Crippen LogP contribution is 2.60. The van der Waals surface area contributed by atoms with Gasteiger partial charge in [-0.25, -0.2) is 0 Å². The third-order valence-corrected chi connectivity index (χ3v) is 7.85. The van der Waals surface area contributed by atoms with Gasteiger partial charge in [0.15, 0.2) is 0 Å². The third kappa shape index (κ3) is 3.53. The highest BCUT2D eigenvalue weighted by atomic mass is 35.5. The van der Waals surface area contributed by atoms with Gasteiger partial charge in [-0.2, -0.15) is 0 Å². The molecule has 0 unspecified atom stereocenters. The van der Waals surface area contributed by atoms with E-state index >= 15 is 0 Å². The Hall–Kier alpha value is -1.07. The number of likely N-dealkylation sites (N-methyl/N-ethyl adjacent to an activating group) is 1. The second kappa shape index (κ2) is 7.16. The standard InChI is InChI=1S/C20H27ClN2O2S/c1-2-23(12-16-3-4-17(21)26-16)18(24)11-22-19(25)20-8-13-5-14(9-20)7-15(6-13)10-20/h3-4,13-15H,2,5-12H2,1H3,(H,22,25). The Bertz CT molecular complexity index is 666. The molecule has 2 amide bonds. The molecule has 0 radical (unpaired) electrons. The van der Waals surface area contributed by atoms with Crippen molar-refractivity contribution in [3.05, 3.63) is 21.3 Å². The second-order valence-electron chi connectivity index (χ2n) is 8.49.